The Labute approximate surface area is 126 Å². The van der Waals surface area contributed by atoms with Gasteiger partial charge in [0.25, 0.3) is 0 Å². The molecule has 2 N–H and O–H groups in total. The van der Waals surface area contributed by atoms with Gasteiger partial charge >= 0.3 is 5.97 Å². The molecule has 0 radical (unpaired) electrons. The van der Waals surface area contributed by atoms with E-state index < -0.39 is 11.5 Å². The first-order chi connectivity index (χ1) is 10.1. The molecule has 0 amide bonds. The topological polar surface area (TPSA) is 58.6 Å². The minimum Gasteiger partial charge on any atom is -0.480 e. The third-order valence-electron chi connectivity index (χ3n) is 4.48. The SMILES string of the molecule is CNC(COC1CCCC(C)C1)(C(=O)O)c1ccccc1. The van der Waals surface area contributed by atoms with Crippen molar-refractivity contribution in [3.8, 4) is 0 Å². The predicted molar refractivity (Wildman–Crippen MR) is 82.2 cm³/mol. The van der Waals surface area contributed by atoms with Crippen LogP contribution in [0.4, 0.5) is 0 Å². The van der Waals surface area contributed by atoms with Gasteiger partial charge in [0, 0.05) is 0 Å². The van der Waals surface area contributed by atoms with E-state index in [2.05, 4.69) is 12.2 Å². The Bertz CT molecular complexity index is 462. The van der Waals surface area contributed by atoms with Crippen molar-refractivity contribution in [3.05, 3.63) is 35.9 Å². The number of carboxylic acid groups (broad SMARTS) is 1. The van der Waals surface area contributed by atoms with E-state index in [1.807, 2.05) is 30.3 Å². The molecule has 0 saturated heterocycles. The highest BCUT2D eigenvalue weighted by Crippen LogP contribution is 2.28. The summed E-state index contributed by atoms with van der Waals surface area (Å²) in [7, 11) is 1.67. The highest BCUT2D eigenvalue weighted by Gasteiger charge is 2.40. The number of nitrogens with one attached hydrogen (secondary N) is 1. The molecule has 4 nitrogen and oxygen atoms in total. The second-order valence-electron chi connectivity index (χ2n) is 6.03. The lowest BCUT2D eigenvalue weighted by molar-refractivity contribution is -0.150. The average molecular weight is 291 g/mol. The molecule has 3 unspecified atom stereocenters. The predicted octanol–water partition coefficient (Wildman–Crippen LogP) is 2.78. The normalized spacial score (nSPS) is 25.2. The van der Waals surface area contributed by atoms with Crippen molar-refractivity contribution in [3.63, 3.8) is 0 Å². The van der Waals surface area contributed by atoms with Crippen LogP contribution in [0.2, 0.25) is 0 Å². The molecule has 0 spiro atoms. The van der Waals surface area contributed by atoms with Gasteiger partial charge in [-0.1, -0.05) is 50.1 Å². The smallest absolute Gasteiger partial charge is 0.330 e. The largest absolute Gasteiger partial charge is 0.480 e. The first-order valence-electron chi connectivity index (χ1n) is 7.68. The van der Waals surface area contributed by atoms with Gasteiger partial charge in [0.2, 0.25) is 0 Å². The van der Waals surface area contributed by atoms with E-state index in [0.717, 1.165) is 24.8 Å². The standard InChI is InChI=1S/C17H25NO3/c1-13-7-6-10-15(11-13)21-12-17(18-2,16(19)20)14-8-4-3-5-9-14/h3-5,8-9,13,15,18H,6-7,10-12H2,1-2H3,(H,19,20). The highest BCUT2D eigenvalue weighted by atomic mass is 16.5. The molecule has 1 aromatic carbocycles. The minimum atomic E-state index is -1.18. The van der Waals surface area contributed by atoms with E-state index in [0.29, 0.717) is 5.92 Å². The molecule has 1 aliphatic carbocycles. The van der Waals surface area contributed by atoms with Gasteiger partial charge < -0.3 is 9.84 Å². The Kier molecular flexibility index (Phi) is 5.37. The van der Waals surface area contributed by atoms with Crippen LogP contribution in [0, 0.1) is 5.92 Å². The Morgan fingerprint density at radius 3 is 2.67 bits per heavy atom. The van der Waals surface area contributed by atoms with Crippen LogP contribution in [0.15, 0.2) is 30.3 Å². The number of rotatable bonds is 6. The van der Waals surface area contributed by atoms with Crippen molar-refractivity contribution < 1.29 is 14.6 Å². The Morgan fingerprint density at radius 2 is 2.10 bits per heavy atom. The van der Waals surface area contributed by atoms with Gasteiger partial charge in [0.05, 0.1) is 12.7 Å². The van der Waals surface area contributed by atoms with E-state index in [1.165, 1.54) is 6.42 Å². The van der Waals surface area contributed by atoms with E-state index in [9.17, 15) is 9.90 Å². The lowest BCUT2D eigenvalue weighted by Crippen LogP contribution is -2.52. The van der Waals surface area contributed by atoms with Gasteiger partial charge in [-0.25, -0.2) is 4.79 Å². The molecule has 21 heavy (non-hydrogen) atoms. The molecule has 1 aliphatic rings. The zero-order chi connectivity index (χ0) is 15.3. The first kappa shape index (κ1) is 16.0. The molecule has 3 atom stereocenters. The summed E-state index contributed by atoms with van der Waals surface area (Å²) in [6.45, 7) is 2.38. The van der Waals surface area contributed by atoms with Crippen molar-refractivity contribution in [2.75, 3.05) is 13.7 Å². The number of likely N-dealkylation sites (N-methyl/N-ethyl adjacent to an activating group) is 1. The van der Waals surface area contributed by atoms with E-state index >= 15 is 0 Å². The molecule has 0 bridgehead atoms. The van der Waals surface area contributed by atoms with Crippen molar-refractivity contribution in [1.29, 1.82) is 0 Å². The van der Waals surface area contributed by atoms with Crippen LogP contribution in [0.3, 0.4) is 0 Å². The van der Waals surface area contributed by atoms with Gasteiger partial charge in [-0.2, -0.15) is 0 Å². The minimum absolute atomic E-state index is 0.153. The maximum absolute atomic E-state index is 11.8. The Morgan fingerprint density at radius 1 is 1.38 bits per heavy atom. The number of benzene rings is 1. The summed E-state index contributed by atoms with van der Waals surface area (Å²) >= 11 is 0. The molecule has 1 aromatic rings. The van der Waals surface area contributed by atoms with E-state index in [4.69, 9.17) is 4.74 Å². The van der Waals surface area contributed by atoms with Crippen molar-refractivity contribution >= 4 is 5.97 Å². The number of hydrogen-bond donors (Lipinski definition) is 2. The fourth-order valence-electron chi connectivity index (χ4n) is 3.09. The summed E-state index contributed by atoms with van der Waals surface area (Å²) in [6, 6.07) is 9.25. The van der Waals surface area contributed by atoms with Crippen molar-refractivity contribution in [2.45, 2.75) is 44.2 Å². The highest BCUT2D eigenvalue weighted by molar-refractivity contribution is 5.81. The van der Waals surface area contributed by atoms with Crippen LogP contribution in [-0.2, 0) is 15.1 Å². The van der Waals surface area contributed by atoms with Crippen LogP contribution in [0.25, 0.3) is 0 Å². The zero-order valence-corrected chi connectivity index (χ0v) is 12.8. The van der Waals surface area contributed by atoms with Crippen molar-refractivity contribution in [1.82, 2.24) is 5.32 Å². The molecule has 0 heterocycles. The van der Waals surface area contributed by atoms with Gasteiger partial charge in [-0.3, -0.25) is 5.32 Å². The molecule has 1 saturated carbocycles. The fourth-order valence-corrected chi connectivity index (χ4v) is 3.09. The number of ether oxygens (including phenoxy) is 1. The molecule has 116 valence electrons. The average Bonchev–Trinajstić information content (AvgIpc) is 2.49. The van der Waals surface area contributed by atoms with Gasteiger partial charge in [0.1, 0.15) is 0 Å². The van der Waals surface area contributed by atoms with Gasteiger partial charge in [-0.15, -0.1) is 0 Å². The molecule has 0 aromatic heterocycles. The molecular weight excluding hydrogens is 266 g/mol. The Balaban J connectivity index is 2.12. The molecule has 1 fully saturated rings. The van der Waals surface area contributed by atoms with Crippen molar-refractivity contribution in [2.24, 2.45) is 5.92 Å². The quantitative estimate of drug-likeness (QED) is 0.846. The summed E-state index contributed by atoms with van der Waals surface area (Å²) < 4.78 is 5.98. The number of carbonyl (C=O) groups is 1. The third kappa shape index (κ3) is 3.63. The second kappa shape index (κ2) is 7.05. The molecule has 2 rings (SSSR count). The summed E-state index contributed by atoms with van der Waals surface area (Å²) in [5, 5.41) is 12.7. The Hall–Kier alpha value is -1.39. The lowest BCUT2D eigenvalue weighted by Gasteiger charge is -2.33. The summed E-state index contributed by atoms with van der Waals surface area (Å²) in [4.78, 5) is 11.8. The summed E-state index contributed by atoms with van der Waals surface area (Å²) in [5.74, 6) is -0.241. The zero-order valence-electron chi connectivity index (χ0n) is 12.8. The number of aliphatic carboxylic acids is 1. The summed E-state index contributed by atoms with van der Waals surface area (Å²) in [5.41, 5.74) is -0.453. The van der Waals surface area contributed by atoms with Crippen LogP contribution < -0.4 is 5.32 Å². The molecular formula is C17H25NO3. The number of hydrogen-bond acceptors (Lipinski definition) is 3. The van der Waals surface area contributed by atoms with Crippen LogP contribution in [0.1, 0.15) is 38.2 Å². The van der Waals surface area contributed by atoms with Gasteiger partial charge in [0.15, 0.2) is 5.54 Å². The van der Waals surface area contributed by atoms with Gasteiger partial charge in [-0.05, 0) is 31.4 Å². The lowest BCUT2D eigenvalue weighted by atomic mass is 9.87. The monoisotopic (exact) mass is 291 g/mol. The van der Waals surface area contributed by atoms with Crippen LogP contribution in [-0.4, -0.2) is 30.8 Å². The maximum atomic E-state index is 11.8. The van der Waals surface area contributed by atoms with E-state index in [-0.39, 0.29) is 12.7 Å². The maximum Gasteiger partial charge on any atom is 0.330 e. The molecule has 0 aliphatic heterocycles. The number of carboxylic acids is 1. The molecule has 4 heteroatoms. The third-order valence-corrected chi connectivity index (χ3v) is 4.48. The van der Waals surface area contributed by atoms with E-state index in [1.54, 1.807) is 7.05 Å². The second-order valence-corrected chi connectivity index (χ2v) is 6.03. The van der Waals surface area contributed by atoms with Crippen LogP contribution >= 0.6 is 0 Å². The summed E-state index contributed by atoms with van der Waals surface area (Å²) in [6.07, 6.45) is 4.63. The van der Waals surface area contributed by atoms with Crippen LogP contribution in [0.5, 0.6) is 0 Å². The first-order valence-corrected chi connectivity index (χ1v) is 7.68. The fraction of sp³-hybridized carbons (Fsp3) is 0.588.